The highest BCUT2D eigenvalue weighted by Crippen LogP contribution is 2.32. The summed E-state index contributed by atoms with van der Waals surface area (Å²) in [5, 5.41) is 2.84. The van der Waals surface area contributed by atoms with Crippen LogP contribution in [0.1, 0.15) is 58.3 Å². The molecule has 9 heteroatoms. The minimum Gasteiger partial charge on any atom is -0.337 e. The third-order valence-electron chi connectivity index (χ3n) is 5.93. The van der Waals surface area contributed by atoms with Crippen molar-refractivity contribution in [2.45, 2.75) is 69.9 Å². The summed E-state index contributed by atoms with van der Waals surface area (Å²) in [6, 6.07) is -0.874. The molecule has 3 aliphatic rings. The molecule has 3 rings (SSSR count). The van der Waals surface area contributed by atoms with Gasteiger partial charge >= 0.3 is 6.03 Å². The number of nitrogens with zero attached hydrogens (tertiary/aromatic N) is 2. The van der Waals surface area contributed by atoms with Crippen molar-refractivity contribution in [2.75, 3.05) is 24.6 Å². The van der Waals surface area contributed by atoms with Gasteiger partial charge in [-0.25, -0.2) is 13.2 Å². The number of sulfone groups is 1. The highest BCUT2D eigenvalue weighted by Gasteiger charge is 2.51. The lowest BCUT2D eigenvalue weighted by molar-refractivity contribution is -0.140. The van der Waals surface area contributed by atoms with Crippen molar-refractivity contribution in [3.63, 3.8) is 0 Å². The van der Waals surface area contributed by atoms with Gasteiger partial charge in [-0.15, -0.1) is 0 Å². The zero-order chi connectivity index (χ0) is 19.7. The van der Waals surface area contributed by atoms with Gasteiger partial charge in [-0.05, 0) is 25.7 Å². The molecule has 8 nitrogen and oxygen atoms in total. The van der Waals surface area contributed by atoms with E-state index in [2.05, 4.69) is 5.32 Å². The second kappa shape index (κ2) is 7.77. The van der Waals surface area contributed by atoms with Gasteiger partial charge in [-0.2, -0.15) is 0 Å². The number of rotatable bonds is 5. The average molecular weight is 400 g/mol. The smallest absolute Gasteiger partial charge is 0.325 e. The van der Waals surface area contributed by atoms with Crippen LogP contribution in [-0.4, -0.2) is 72.2 Å². The Kier molecular flexibility index (Phi) is 5.79. The zero-order valence-corrected chi connectivity index (χ0v) is 16.7. The topological polar surface area (TPSA) is 104 Å². The molecule has 1 atom stereocenters. The summed E-state index contributed by atoms with van der Waals surface area (Å²) < 4.78 is 23.6. The maximum absolute atomic E-state index is 13.0. The minimum atomic E-state index is -3.12. The first kappa shape index (κ1) is 20.1. The van der Waals surface area contributed by atoms with Crippen LogP contribution in [0.5, 0.6) is 0 Å². The average Bonchev–Trinajstić information content (AvgIpc) is 2.95. The van der Waals surface area contributed by atoms with E-state index in [1.807, 2.05) is 6.92 Å². The number of urea groups is 1. The number of imide groups is 1. The Hall–Kier alpha value is -1.64. The van der Waals surface area contributed by atoms with Crippen molar-refractivity contribution >= 4 is 27.7 Å². The highest BCUT2D eigenvalue weighted by molar-refractivity contribution is 7.91. The van der Waals surface area contributed by atoms with E-state index < -0.39 is 21.4 Å². The molecule has 2 saturated heterocycles. The quantitative estimate of drug-likeness (QED) is 0.696. The Morgan fingerprint density at radius 3 is 2.44 bits per heavy atom. The van der Waals surface area contributed by atoms with E-state index in [4.69, 9.17) is 0 Å². The number of carbonyl (C=O) groups excluding carboxylic acids is 3. The van der Waals surface area contributed by atoms with Crippen LogP contribution in [0.2, 0.25) is 0 Å². The number of amides is 4. The van der Waals surface area contributed by atoms with E-state index in [1.54, 1.807) is 4.90 Å². The Morgan fingerprint density at radius 1 is 1.22 bits per heavy atom. The molecular weight excluding hydrogens is 370 g/mol. The van der Waals surface area contributed by atoms with Crippen LogP contribution < -0.4 is 5.32 Å². The fourth-order valence-corrected chi connectivity index (χ4v) is 6.22. The normalized spacial score (nSPS) is 26.9. The number of carbonyl (C=O) groups is 3. The first-order chi connectivity index (χ1) is 12.8. The van der Waals surface area contributed by atoms with E-state index in [0.29, 0.717) is 32.2 Å². The number of hydrogen-bond acceptors (Lipinski definition) is 5. The van der Waals surface area contributed by atoms with E-state index in [1.165, 1.54) is 0 Å². The number of hydrogen-bond donors (Lipinski definition) is 1. The Labute approximate surface area is 160 Å². The molecule has 0 aromatic rings. The molecule has 2 aliphatic heterocycles. The molecule has 0 bridgehead atoms. The zero-order valence-electron chi connectivity index (χ0n) is 15.9. The first-order valence-corrected chi connectivity index (χ1v) is 11.7. The molecule has 152 valence electrons. The molecule has 2 heterocycles. The molecule has 4 amide bonds. The van der Waals surface area contributed by atoms with Crippen molar-refractivity contribution in [1.29, 1.82) is 0 Å². The largest absolute Gasteiger partial charge is 0.337 e. The summed E-state index contributed by atoms with van der Waals surface area (Å²) in [7, 11) is -3.12. The predicted molar refractivity (Wildman–Crippen MR) is 99.7 cm³/mol. The molecule has 0 aromatic heterocycles. The summed E-state index contributed by atoms with van der Waals surface area (Å²) in [5.74, 6) is -0.619. The Bertz CT molecular complexity index is 713. The lowest BCUT2D eigenvalue weighted by Gasteiger charge is -2.29. The molecule has 0 aromatic carbocycles. The van der Waals surface area contributed by atoms with Crippen LogP contribution in [0.3, 0.4) is 0 Å². The Balaban J connectivity index is 1.71. The van der Waals surface area contributed by atoms with Gasteiger partial charge in [0.25, 0.3) is 5.91 Å². The van der Waals surface area contributed by atoms with Gasteiger partial charge in [-0.3, -0.25) is 14.5 Å². The van der Waals surface area contributed by atoms with E-state index in [0.717, 1.165) is 30.6 Å². The minimum absolute atomic E-state index is 0.0389. The molecule has 1 saturated carbocycles. The van der Waals surface area contributed by atoms with Crippen molar-refractivity contribution in [3.8, 4) is 0 Å². The van der Waals surface area contributed by atoms with Crippen LogP contribution >= 0.6 is 0 Å². The highest BCUT2D eigenvalue weighted by atomic mass is 32.2. The van der Waals surface area contributed by atoms with Gasteiger partial charge < -0.3 is 10.2 Å². The van der Waals surface area contributed by atoms with Crippen molar-refractivity contribution in [2.24, 2.45) is 0 Å². The summed E-state index contributed by atoms with van der Waals surface area (Å²) in [6.07, 6.45) is 6.19. The predicted octanol–water partition coefficient (Wildman–Crippen LogP) is 1.06. The lowest BCUT2D eigenvalue weighted by atomic mass is 9.90. The summed E-state index contributed by atoms with van der Waals surface area (Å²) in [5.41, 5.74) is -0.861. The van der Waals surface area contributed by atoms with Gasteiger partial charge in [-0.1, -0.05) is 32.6 Å². The SMILES string of the molecule is CCCN(C(=O)CN1C(=O)NC2(CCCCCC2)C1=O)[C@@H]1CCS(=O)(=O)C1. The Morgan fingerprint density at radius 2 is 1.89 bits per heavy atom. The molecule has 0 unspecified atom stereocenters. The van der Waals surface area contributed by atoms with Gasteiger partial charge in [0.15, 0.2) is 9.84 Å². The fourth-order valence-electron chi connectivity index (χ4n) is 4.49. The second-order valence-corrected chi connectivity index (χ2v) is 10.2. The van der Waals surface area contributed by atoms with Crippen LogP contribution in [0.15, 0.2) is 0 Å². The standard InChI is InChI=1S/C18H29N3O5S/c1-2-10-20(14-7-11-27(25,26)13-14)15(22)12-21-16(23)18(19-17(21)24)8-5-3-4-6-9-18/h14H,2-13H2,1H3,(H,19,24)/t14-/m1/s1. The maximum atomic E-state index is 13.0. The molecule has 1 N–H and O–H groups in total. The molecule has 3 fully saturated rings. The summed E-state index contributed by atoms with van der Waals surface area (Å²) in [6.45, 7) is 2.02. The van der Waals surface area contributed by atoms with E-state index in [9.17, 15) is 22.8 Å². The fraction of sp³-hybridized carbons (Fsp3) is 0.833. The molecule has 1 aliphatic carbocycles. The lowest BCUT2D eigenvalue weighted by Crippen LogP contribution is -2.49. The third-order valence-corrected chi connectivity index (χ3v) is 7.68. The molecule has 27 heavy (non-hydrogen) atoms. The monoisotopic (exact) mass is 399 g/mol. The van der Waals surface area contributed by atoms with Crippen LogP contribution in [-0.2, 0) is 19.4 Å². The number of nitrogens with one attached hydrogen (secondary N) is 1. The van der Waals surface area contributed by atoms with Gasteiger partial charge in [0.2, 0.25) is 5.91 Å². The van der Waals surface area contributed by atoms with Crippen LogP contribution in [0.4, 0.5) is 4.79 Å². The van der Waals surface area contributed by atoms with Crippen LogP contribution in [0.25, 0.3) is 0 Å². The second-order valence-electron chi connectivity index (χ2n) is 7.96. The van der Waals surface area contributed by atoms with Crippen LogP contribution in [0, 0.1) is 0 Å². The maximum Gasteiger partial charge on any atom is 0.325 e. The molecular formula is C18H29N3O5S. The van der Waals surface area contributed by atoms with Crippen molar-refractivity contribution in [3.05, 3.63) is 0 Å². The van der Waals surface area contributed by atoms with Gasteiger partial charge in [0.1, 0.15) is 12.1 Å². The third kappa shape index (κ3) is 4.12. The summed E-state index contributed by atoms with van der Waals surface area (Å²) >= 11 is 0. The first-order valence-electron chi connectivity index (χ1n) is 9.92. The van der Waals surface area contributed by atoms with E-state index in [-0.39, 0.29) is 35.9 Å². The van der Waals surface area contributed by atoms with Crippen molar-refractivity contribution in [1.82, 2.24) is 15.1 Å². The van der Waals surface area contributed by atoms with E-state index >= 15 is 0 Å². The van der Waals surface area contributed by atoms with Crippen molar-refractivity contribution < 1.29 is 22.8 Å². The summed E-state index contributed by atoms with van der Waals surface area (Å²) in [4.78, 5) is 40.8. The van der Waals surface area contributed by atoms with Gasteiger partial charge in [0, 0.05) is 12.6 Å². The molecule has 0 radical (unpaired) electrons. The molecule has 1 spiro atoms. The van der Waals surface area contributed by atoms with Gasteiger partial charge in [0.05, 0.1) is 11.5 Å².